The van der Waals surface area contributed by atoms with Gasteiger partial charge in [0, 0.05) is 6.42 Å². The van der Waals surface area contributed by atoms with E-state index in [0.29, 0.717) is 6.42 Å². The lowest BCUT2D eigenvalue weighted by Crippen LogP contribution is -2.10. The fourth-order valence-electron chi connectivity index (χ4n) is 3.77. The molecule has 184 valence electrons. The molecule has 0 radical (unpaired) electrons. The SMILES string of the molecule is CCCCCCCCCCCCCCCC(=O)OOC(C)C.c1ccc2c(c1)CCCO2. The number of carbonyl (C=O) groups is 1. The van der Waals surface area contributed by atoms with Gasteiger partial charge in [-0.2, -0.15) is 4.89 Å². The van der Waals surface area contributed by atoms with Gasteiger partial charge < -0.3 is 4.74 Å². The second-order valence-corrected chi connectivity index (χ2v) is 9.15. The van der Waals surface area contributed by atoms with E-state index < -0.39 is 0 Å². The van der Waals surface area contributed by atoms with E-state index in [1.807, 2.05) is 26.0 Å². The van der Waals surface area contributed by atoms with Crippen LogP contribution in [-0.4, -0.2) is 18.7 Å². The van der Waals surface area contributed by atoms with E-state index in [1.54, 1.807) is 0 Å². The van der Waals surface area contributed by atoms with E-state index >= 15 is 0 Å². The van der Waals surface area contributed by atoms with Crippen LogP contribution < -0.4 is 4.74 Å². The van der Waals surface area contributed by atoms with Crippen LogP contribution in [0.3, 0.4) is 0 Å². The molecular weight excluding hydrogens is 400 g/mol. The number of carbonyl (C=O) groups excluding carboxylic acids is 1. The summed E-state index contributed by atoms with van der Waals surface area (Å²) in [5, 5.41) is 0. The Hall–Kier alpha value is -1.55. The highest BCUT2D eigenvalue weighted by molar-refractivity contribution is 5.68. The van der Waals surface area contributed by atoms with Crippen LogP contribution >= 0.6 is 0 Å². The number of aryl methyl sites for hydroxylation is 1. The van der Waals surface area contributed by atoms with Crippen molar-refractivity contribution in [3.63, 3.8) is 0 Å². The Morgan fingerprint density at radius 3 is 2.00 bits per heavy atom. The van der Waals surface area contributed by atoms with Crippen LogP contribution in [0.2, 0.25) is 0 Å². The van der Waals surface area contributed by atoms with Crippen LogP contribution in [0.15, 0.2) is 24.3 Å². The molecule has 1 aromatic carbocycles. The lowest BCUT2D eigenvalue weighted by molar-refractivity contribution is -0.291. The quantitative estimate of drug-likeness (QED) is 0.145. The highest BCUT2D eigenvalue weighted by Gasteiger charge is 2.07. The Morgan fingerprint density at radius 2 is 1.44 bits per heavy atom. The molecule has 0 N–H and O–H groups in total. The molecule has 0 fully saturated rings. The van der Waals surface area contributed by atoms with E-state index in [4.69, 9.17) is 9.62 Å². The van der Waals surface area contributed by atoms with Gasteiger partial charge >= 0.3 is 5.97 Å². The monoisotopic (exact) mass is 448 g/mol. The molecule has 1 aliphatic heterocycles. The Morgan fingerprint density at radius 1 is 0.875 bits per heavy atom. The number of benzene rings is 1. The van der Waals surface area contributed by atoms with Gasteiger partial charge in [0.05, 0.1) is 12.7 Å². The summed E-state index contributed by atoms with van der Waals surface area (Å²) in [5.41, 5.74) is 1.36. The molecule has 0 aliphatic carbocycles. The summed E-state index contributed by atoms with van der Waals surface area (Å²) < 4.78 is 5.42. The molecule has 1 aliphatic rings. The van der Waals surface area contributed by atoms with Crippen molar-refractivity contribution in [2.75, 3.05) is 6.61 Å². The third kappa shape index (κ3) is 16.1. The lowest BCUT2D eigenvalue weighted by Gasteiger charge is -2.15. The van der Waals surface area contributed by atoms with Gasteiger partial charge in [0.1, 0.15) is 5.75 Å². The van der Waals surface area contributed by atoms with Crippen LogP contribution in [0.1, 0.15) is 123 Å². The van der Waals surface area contributed by atoms with Gasteiger partial charge in [-0.1, -0.05) is 102 Å². The first-order valence-corrected chi connectivity index (χ1v) is 13.2. The zero-order chi connectivity index (χ0) is 23.3. The highest BCUT2D eigenvalue weighted by Crippen LogP contribution is 2.23. The number of para-hydroxylation sites is 1. The first-order valence-electron chi connectivity index (χ1n) is 13.2. The molecule has 0 saturated heterocycles. The fraction of sp³-hybridized carbons (Fsp3) is 0.750. The van der Waals surface area contributed by atoms with Crippen molar-refractivity contribution in [3.8, 4) is 5.75 Å². The van der Waals surface area contributed by atoms with Crippen LogP contribution in [-0.2, 0) is 21.0 Å². The number of fused-ring (bicyclic) bond motifs is 1. The molecule has 0 atom stereocenters. The fourth-order valence-corrected chi connectivity index (χ4v) is 3.77. The molecule has 4 heteroatoms. The Balaban J connectivity index is 0.000000416. The summed E-state index contributed by atoms with van der Waals surface area (Å²) in [4.78, 5) is 20.8. The minimum Gasteiger partial charge on any atom is -0.493 e. The van der Waals surface area contributed by atoms with Crippen molar-refractivity contribution in [2.45, 2.75) is 130 Å². The Kier molecular flexibility index (Phi) is 17.9. The van der Waals surface area contributed by atoms with Crippen molar-refractivity contribution in [1.29, 1.82) is 0 Å². The summed E-state index contributed by atoms with van der Waals surface area (Å²) in [6.07, 6.45) is 19.8. The van der Waals surface area contributed by atoms with Gasteiger partial charge in [-0.15, -0.1) is 0 Å². The second kappa shape index (κ2) is 20.1. The van der Waals surface area contributed by atoms with Crippen LogP contribution in [0.5, 0.6) is 5.75 Å². The number of unbranched alkanes of at least 4 members (excludes halogenated alkanes) is 12. The van der Waals surface area contributed by atoms with Crippen molar-refractivity contribution >= 4 is 5.97 Å². The van der Waals surface area contributed by atoms with Gasteiger partial charge in [-0.05, 0) is 44.7 Å². The van der Waals surface area contributed by atoms with Crippen LogP contribution in [0.25, 0.3) is 0 Å². The summed E-state index contributed by atoms with van der Waals surface area (Å²) >= 11 is 0. The molecule has 32 heavy (non-hydrogen) atoms. The van der Waals surface area contributed by atoms with E-state index in [9.17, 15) is 4.79 Å². The van der Waals surface area contributed by atoms with Crippen molar-refractivity contribution in [2.24, 2.45) is 0 Å². The zero-order valence-electron chi connectivity index (χ0n) is 21.0. The standard InChI is InChI=1S/C19H38O3.C9H10O/c1-4-5-6-7-8-9-10-11-12-13-14-15-16-17-19(20)22-21-18(2)3;1-2-6-9-8(4-1)5-3-7-10-9/h18H,4-17H2,1-3H3;1-2,4,6H,3,5,7H2. The average Bonchev–Trinajstić information content (AvgIpc) is 2.81. The van der Waals surface area contributed by atoms with Gasteiger partial charge in [0.15, 0.2) is 0 Å². The topological polar surface area (TPSA) is 44.8 Å². The van der Waals surface area contributed by atoms with Crippen LogP contribution in [0.4, 0.5) is 0 Å². The Bertz CT molecular complexity index is 545. The maximum absolute atomic E-state index is 11.3. The minimum atomic E-state index is -0.239. The summed E-state index contributed by atoms with van der Waals surface area (Å²) in [7, 11) is 0. The molecule has 0 spiro atoms. The van der Waals surface area contributed by atoms with Gasteiger partial charge in [-0.3, -0.25) is 4.89 Å². The van der Waals surface area contributed by atoms with Gasteiger partial charge in [0.25, 0.3) is 0 Å². The maximum atomic E-state index is 11.3. The minimum absolute atomic E-state index is 0.0596. The molecule has 0 bridgehead atoms. The van der Waals surface area contributed by atoms with Gasteiger partial charge in [-0.25, -0.2) is 4.79 Å². The first kappa shape index (κ1) is 28.5. The van der Waals surface area contributed by atoms with Crippen LogP contribution in [0, 0.1) is 0 Å². The van der Waals surface area contributed by atoms with Crippen molar-refractivity contribution in [1.82, 2.24) is 0 Å². The lowest BCUT2D eigenvalue weighted by atomic mass is 10.0. The molecule has 0 saturated carbocycles. The second-order valence-electron chi connectivity index (χ2n) is 9.15. The van der Waals surface area contributed by atoms with E-state index in [0.717, 1.165) is 31.6 Å². The molecule has 0 aromatic heterocycles. The number of ether oxygens (including phenoxy) is 1. The summed E-state index contributed by atoms with van der Waals surface area (Å²) in [6.45, 7) is 6.84. The molecule has 1 heterocycles. The summed E-state index contributed by atoms with van der Waals surface area (Å²) in [5.74, 6) is 0.838. The maximum Gasteiger partial charge on any atom is 0.342 e. The van der Waals surface area contributed by atoms with E-state index in [-0.39, 0.29) is 12.1 Å². The van der Waals surface area contributed by atoms with Gasteiger partial charge in [0.2, 0.25) is 0 Å². The Labute approximate surface area is 197 Å². The molecule has 2 rings (SSSR count). The van der Waals surface area contributed by atoms with Crippen molar-refractivity contribution in [3.05, 3.63) is 29.8 Å². The molecule has 0 amide bonds. The van der Waals surface area contributed by atoms with E-state index in [1.165, 1.54) is 82.6 Å². The van der Waals surface area contributed by atoms with Crippen molar-refractivity contribution < 1.29 is 19.3 Å². The smallest absolute Gasteiger partial charge is 0.342 e. The average molecular weight is 449 g/mol. The normalized spacial score (nSPS) is 12.5. The molecule has 4 nitrogen and oxygen atoms in total. The molecule has 1 aromatic rings. The number of hydrogen-bond acceptors (Lipinski definition) is 4. The zero-order valence-corrected chi connectivity index (χ0v) is 21.0. The molecule has 0 unspecified atom stereocenters. The number of hydrogen-bond donors (Lipinski definition) is 0. The third-order valence-corrected chi connectivity index (χ3v) is 5.64. The molecular formula is C28H48O4. The summed E-state index contributed by atoms with van der Waals surface area (Å²) in [6, 6.07) is 8.25. The first-order chi connectivity index (χ1) is 15.6. The number of rotatable bonds is 16. The highest BCUT2D eigenvalue weighted by atomic mass is 17.2. The third-order valence-electron chi connectivity index (χ3n) is 5.64. The largest absolute Gasteiger partial charge is 0.493 e. The van der Waals surface area contributed by atoms with E-state index in [2.05, 4.69) is 23.9 Å². The predicted molar refractivity (Wildman–Crippen MR) is 133 cm³/mol. The predicted octanol–water partition coefficient (Wildman–Crippen LogP) is 8.36.